The summed E-state index contributed by atoms with van der Waals surface area (Å²) in [5.41, 5.74) is 2.15. The number of hydrogen-bond acceptors (Lipinski definition) is 8. The van der Waals surface area contributed by atoms with Gasteiger partial charge >= 0.3 is 17.8 Å². The van der Waals surface area contributed by atoms with E-state index >= 15 is 0 Å². The summed E-state index contributed by atoms with van der Waals surface area (Å²) in [5.74, 6) is -2.34. The van der Waals surface area contributed by atoms with Crippen molar-refractivity contribution < 1.29 is 32.7 Å². The maximum Gasteiger partial charge on any atom is 0.335 e. The Bertz CT molecular complexity index is 1270. The van der Waals surface area contributed by atoms with Crippen LogP contribution in [0.3, 0.4) is 0 Å². The van der Waals surface area contributed by atoms with E-state index < -0.39 is 17.8 Å². The van der Waals surface area contributed by atoms with Gasteiger partial charge in [0.05, 0.1) is 12.8 Å². The van der Waals surface area contributed by atoms with Gasteiger partial charge in [0.15, 0.2) is 5.58 Å². The Balaban J connectivity index is 1.43. The third-order valence-electron chi connectivity index (χ3n) is 6.73. The SMILES string of the molecule is COc1ccc(C(CCCc2noc3cc(F)ccc23)N2CCCCC23OC(=O)C=CC(=O)O3)cc1. The fourth-order valence-electron chi connectivity index (χ4n) is 5.03. The molecule has 9 heteroatoms. The monoisotopic (exact) mass is 494 g/mol. The molecule has 3 heterocycles. The summed E-state index contributed by atoms with van der Waals surface area (Å²) in [6.45, 7) is 0.587. The zero-order valence-electron chi connectivity index (χ0n) is 19.9. The standard InChI is InChI=1S/C27H27FN2O6/c1-33-20-10-7-18(8-11-20)23(6-4-5-22-21-12-9-19(28)17-24(21)36-29-22)30-16-3-2-15-27(30)34-25(31)13-14-26(32)35-27/h7-14,17,23H,2-6,15-16H2,1H3. The van der Waals surface area contributed by atoms with Crippen LogP contribution in [0.4, 0.5) is 4.39 Å². The van der Waals surface area contributed by atoms with E-state index in [1.807, 2.05) is 29.2 Å². The van der Waals surface area contributed by atoms with Gasteiger partial charge in [-0.3, -0.25) is 0 Å². The number of carbonyl (C=O) groups is 2. The third-order valence-corrected chi connectivity index (χ3v) is 6.73. The first kappa shape index (κ1) is 24.0. The minimum atomic E-state index is -1.47. The van der Waals surface area contributed by atoms with Gasteiger partial charge in [-0.1, -0.05) is 17.3 Å². The molecule has 0 saturated carbocycles. The highest BCUT2D eigenvalue weighted by molar-refractivity contribution is 5.93. The molecule has 2 aromatic carbocycles. The quantitative estimate of drug-likeness (QED) is 0.431. The number of ether oxygens (including phenoxy) is 3. The van der Waals surface area contributed by atoms with Crippen molar-refractivity contribution in [1.29, 1.82) is 0 Å². The van der Waals surface area contributed by atoms with Gasteiger partial charge in [-0.05, 0) is 61.9 Å². The van der Waals surface area contributed by atoms with E-state index in [0.717, 1.165) is 47.4 Å². The molecule has 1 unspecified atom stereocenters. The largest absolute Gasteiger partial charge is 0.497 e. The zero-order valence-corrected chi connectivity index (χ0v) is 19.9. The van der Waals surface area contributed by atoms with E-state index in [1.165, 1.54) is 12.1 Å². The van der Waals surface area contributed by atoms with Crippen molar-refractivity contribution in [3.63, 3.8) is 0 Å². The number of methoxy groups -OCH3 is 1. The average molecular weight is 495 g/mol. The lowest BCUT2D eigenvalue weighted by Crippen LogP contribution is -2.57. The highest BCUT2D eigenvalue weighted by atomic mass is 19.1. The number of rotatable bonds is 7. The number of carbonyl (C=O) groups excluding carboxylic acids is 2. The van der Waals surface area contributed by atoms with E-state index in [2.05, 4.69) is 5.16 Å². The Hall–Kier alpha value is -3.72. The van der Waals surface area contributed by atoms with Gasteiger partial charge in [-0.25, -0.2) is 18.9 Å². The van der Waals surface area contributed by atoms with Gasteiger partial charge in [0.25, 0.3) is 0 Å². The summed E-state index contributed by atoms with van der Waals surface area (Å²) in [4.78, 5) is 26.7. The number of likely N-dealkylation sites (tertiary alicyclic amines) is 1. The molecular formula is C27H27FN2O6. The van der Waals surface area contributed by atoms with Crippen LogP contribution in [0.2, 0.25) is 0 Å². The van der Waals surface area contributed by atoms with Crippen LogP contribution in [0.1, 0.15) is 49.4 Å². The molecule has 1 spiro atoms. The number of nitrogens with zero attached hydrogens (tertiary/aromatic N) is 2. The van der Waals surface area contributed by atoms with Crippen LogP contribution in [0, 0.1) is 5.82 Å². The number of fused-ring (bicyclic) bond motifs is 1. The lowest BCUT2D eigenvalue weighted by atomic mass is 9.94. The normalized spacial score (nSPS) is 18.6. The smallest absolute Gasteiger partial charge is 0.335 e. The zero-order chi connectivity index (χ0) is 25.1. The number of benzene rings is 2. The molecule has 188 valence electrons. The molecule has 3 aromatic rings. The fraction of sp³-hybridized carbons (Fsp3) is 0.370. The summed E-state index contributed by atoms with van der Waals surface area (Å²) in [6.07, 6.45) is 6.19. The molecule has 0 bridgehead atoms. The van der Waals surface area contributed by atoms with E-state index in [-0.39, 0.29) is 11.9 Å². The first-order valence-electron chi connectivity index (χ1n) is 12.1. The molecule has 1 saturated heterocycles. The maximum atomic E-state index is 13.5. The van der Waals surface area contributed by atoms with Crippen LogP contribution in [-0.4, -0.2) is 41.6 Å². The van der Waals surface area contributed by atoms with Crippen molar-refractivity contribution in [3.8, 4) is 5.75 Å². The van der Waals surface area contributed by atoms with Crippen molar-refractivity contribution in [2.24, 2.45) is 0 Å². The Labute approximate surface area is 207 Å². The summed E-state index contributed by atoms with van der Waals surface area (Å²) in [6, 6.07) is 11.9. The molecule has 1 aromatic heterocycles. The van der Waals surface area contributed by atoms with Crippen LogP contribution in [0.25, 0.3) is 11.0 Å². The number of halogens is 1. The number of aryl methyl sites for hydroxylation is 1. The molecule has 5 rings (SSSR count). The predicted octanol–water partition coefficient (Wildman–Crippen LogP) is 4.84. The van der Waals surface area contributed by atoms with Crippen molar-refractivity contribution in [1.82, 2.24) is 10.1 Å². The van der Waals surface area contributed by atoms with Crippen LogP contribution in [0.5, 0.6) is 5.75 Å². The first-order valence-corrected chi connectivity index (χ1v) is 12.1. The molecule has 0 radical (unpaired) electrons. The van der Waals surface area contributed by atoms with Gasteiger partial charge in [-0.15, -0.1) is 0 Å². The van der Waals surface area contributed by atoms with E-state index in [9.17, 15) is 14.0 Å². The summed E-state index contributed by atoms with van der Waals surface area (Å²) >= 11 is 0. The van der Waals surface area contributed by atoms with E-state index in [0.29, 0.717) is 37.8 Å². The van der Waals surface area contributed by atoms with E-state index in [1.54, 1.807) is 13.2 Å². The number of hydrogen-bond donors (Lipinski definition) is 0. The Morgan fingerprint density at radius 3 is 2.56 bits per heavy atom. The molecular weight excluding hydrogens is 467 g/mol. The van der Waals surface area contributed by atoms with Gasteiger partial charge in [0, 0.05) is 42.6 Å². The van der Waals surface area contributed by atoms with Gasteiger partial charge in [0.2, 0.25) is 0 Å². The van der Waals surface area contributed by atoms with Crippen molar-refractivity contribution in [3.05, 3.63) is 71.7 Å². The van der Waals surface area contributed by atoms with Crippen molar-refractivity contribution in [2.45, 2.75) is 50.5 Å². The molecule has 8 nitrogen and oxygen atoms in total. The fourth-order valence-corrected chi connectivity index (χ4v) is 5.03. The van der Waals surface area contributed by atoms with Crippen molar-refractivity contribution in [2.75, 3.05) is 13.7 Å². The summed E-state index contributed by atoms with van der Waals surface area (Å²) in [7, 11) is 1.61. The van der Waals surface area contributed by atoms with Gasteiger partial charge in [0.1, 0.15) is 11.6 Å². The Morgan fingerprint density at radius 1 is 1.08 bits per heavy atom. The molecule has 0 aliphatic carbocycles. The highest BCUT2D eigenvalue weighted by Crippen LogP contribution is 2.41. The Kier molecular flexibility index (Phi) is 6.73. The first-order chi connectivity index (χ1) is 17.5. The minimum Gasteiger partial charge on any atom is -0.497 e. The van der Waals surface area contributed by atoms with Crippen LogP contribution < -0.4 is 4.74 Å². The molecule has 1 atom stereocenters. The second-order valence-electron chi connectivity index (χ2n) is 8.99. The van der Waals surface area contributed by atoms with Crippen LogP contribution >= 0.6 is 0 Å². The predicted molar refractivity (Wildman–Crippen MR) is 127 cm³/mol. The van der Waals surface area contributed by atoms with Crippen LogP contribution in [0.15, 0.2) is 59.1 Å². The molecule has 0 amide bonds. The minimum absolute atomic E-state index is 0.217. The second kappa shape index (κ2) is 10.1. The summed E-state index contributed by atoms with van der Waals surface area (Å²) < 4.78 is 35.7. The number of esters is 2. The molecule has 2 aliphatic heterocycles. The van der Waals surface area contributed by atoms with Crippen LogP contribution in [-0.2, 0) is 25.5 Å². The number of aromatic nitrogens is 1. The molecule has 36 heavy (non-hydrogen) atoms. The van der Waals surface area contributed by atoms with Gasteiger partial charge in [-0.2, -0.15) is 0 Å². The Morgan fingerprint density at radius 2 is 1.83 bits per heavy atom. The lowest BCUT2D eigenvalue weighted by Gasteiger charge is -2.47. The molecule has 1 fully saturated rings. The summed E-state index contributed by atoms with van der Waals surface area (Å²) in [5, 5.41) is 4.92. The second-order valence-corrected chi connectivity index (χ2v) is 8.99. The highest BCUT2D eigenvalue weighted by Gasteiger charge is 2.50. The lowest BCUT2D eigenvalue weighted by molar-refractivity contribution is -0.303. The molecule has 0 N–H and O–H groups in total. The topological polar surface area (TPSA) is 91.1 Å². The average Bonchev–Trinajstić information content (AvgIpc) is 3.21. The third kappa shape index (κ3) is 4.83. The van der Waals surface area contributed by atoms with Crippen molar-refractivity contribution >= 4 is 22.9 Å². The molecule has 2 aliphatic rings. The number of piperidine rings is 1. The maximum absolute atomic E-state index is 13.5. The van der Waals surface area contributed by atoms with Gasteiger partial charge < -0.3 is 18.7 Å². The van der Waals surface area contributed by atoms with E-state index in [4.69, 9.17) is 18.7 Å².